The molecule has 0 bridgehead atoms. The minimum absolute atomic E-state index is 0.169. The van der Waals surface area contributed by atoms with Crippen molar-refractivity contribution in [2.75, 3.05) is 0 Å². The Balaban J connectivity index is 1.78. The average molecular weight is 307 g/mol. The first-order chi connectivity index (χ1) is 11.9. The summed E-state index contributed by atoms with van der Waals surface area (Å²) in [5, 5.41) is 0. The summed E-state index contributed by atoms with van der Waals surface area (Å²) < 4.78 is 0. The standard InChI is InChI=1S/C24H19/c1-4-11-21(12-5-1)15-10-18-24(23-16-8-3-9-17-23)20-19-22-13-6-2-7-14-22/h1-9,11-14,16-20,24H/b20-19+. The predicted octanol–water partition coefficient (Wildman–Crippen LogP) is 5.74. The van der Waals surface area contributed by atoms with Crippen molar-refractivity contribution in [2.45, 2.75) is 5.92 Å². The maximum absolute atomic E-state index is 3.21. The van der Waals surface area contributed by atoms with Gasteiger partial charge in [0.05, 0.1) is 0 Å². The summed E-state index contributed by atoms with van der Waals surface area (Å²) in [5.41, 5.74) is 3.47. The fourth-order valence-electron chi connectivity index (χ4n) is 2.45. The molecule has 0 spiro atoms. The van der Waals surface area contributed by atoms with E-state index < -0.39 is 0 Å². The molecule has 0 heterocycles. The lowest BCUT2D eigenvalue weighted by atomic mass is 9.94. The van der Waals surface area contributed by atoms with Crippen LogP contribution >= 0.6 is 0 Å². The summed E-state index contributed by atoms with van der Waals surface area (Å²) in [6.07, 6.45) is 6.41. The van der Waals surface area contributed by atoms with Gasteiger partial charge in [-0.3, -0.25) is 0 Å². The molecule has 0 heteroatoms. The van der Waals surface area contributed by atoms with Gasteiger partial charge in [0, 0.05) is 17.9 Å². The molecule has 0 nitrogen and oxygen atoms in total. The largest absolute Gasteiger partial charge is 0.0922 e. The molecule has 1 atom stereocenters. The van der Waals surface area contributed by atoms with Crippen molar-refractivity contribution in [3.05, 3.63) is 120 Å². The number of hydrogen-bond acceptors (Lipinski definition) is 0. The van der Waals surface area contributed by atoms with Gasteiger partial charge in [-0.05, 0) is 23.3 Å². The van der Waals surface area contributed by atoms with Crippen molar-refractivity contribution in [3.63, 3.8) is 0 Å². The van der Waals surface area contributed by atoms with Gasteiger partial charge in [0.1, 0.15) is 0 Å². The SMILES string of the molecule is C(#Cc1ccccc1)[CH]C(/C=C/c1ccccc1)c1ccccc1. The van der Waals surface area contributed by atoms with Crippen LogP contribution in [0.15, 0.2) is 97.1 Å². The molecule has 0 aliphatic rings. The summed E-state index contributed by atoms with van der Waals surface area (Å²) in [7, 11) is 0. The minimum Gasteiger partial charge on any atom is -0.0922 e. The zero-order chi connectivity index (χ0) is 16.5. The van der Waals surface area contributed by atoms with Crippen molar-refractivity contribution in [2.24, 2.45) is 0 Å². The zero-order valence-electron chi connectivity index (χ0n) is 13.5. The van der Waals surface area contributed by atoms with Gasteiger partial charge in [-0.25, -0.2) is 0 Å². The van der Waals surface area contributed by atoms with Gasteiger partial charge in [0.25, 0.3) is 0 Å². The molecule has 0 aromatic heterocycles. The number of rotatable bonds is 4. The van der Waals surface area contributed by atoms with Crippen molar-refractivity contribution < 1.29 is 0 Å². The van der Waals surface area contributed by atoms with Crippen LogP contribution in [0.1, 0.15) is 22.6 Å². The van der Waals surface area contributed by atoms with Crippen LogP contribution in [0.5, 0.6) is 0 Å². The van der Waals surface area contributed by atoms with Crippen molar-refractivity contribution in [1.82, 2.24) is 0 Å². The van der Waals surface area contributed by atoms with E-state index in [9.17, 15) is 0 Å². The molecule has 0 fully saturated rings. The number of benzene rings is 3. The third-order valence-electron chi connectivity index (χ3n) is 3.73. The van der Waals surface area contributed by atoms with Crippen molar-refractivity contribution >= 4 is 6.08 Å². The second-order valence-electron chi connectivity index (χ2n) is 5.51. The number of hydrogen-bond donors (Lipinski definition) is 0. The lowest BCUT2D eigenvalue weighted by Gasteiger charge is -2.09. The fourth-order valence-corrected chi connectivity index (χ4v) is 2.45. The van der Waals surface area contributed by atoms with Crippen molar-refractivity contribution in [3.8, 4) is 11.8 Å². The lowest BCUT2D eigenvalue weighted by molar-refractivity contribution is 1.04. The van der Waals surface area contributed by atoms with Crippen LogP contribution < -0.4 is 0 Å². The van der Waals surface area contributed by atoms with E-state index in [-0.39, 0.29) is 5.92 Å². The summed E-state index contributed by atoms with van der Waals surface area (Å²) in [5.74, 6) is 6.58. The summed E-state index contributed by atoms with van der Waals surface area (Å²) in [6.45, 7) is 0. The molecule has 3 aromatic carbocycles. The Morgan fingerprint density at radius 1 is 0.667 bits per heavy atom. The Labute approximate surface area is 144 Å². The van der Waals surface area contributed by atoms with Crippen molar-refractivity contribution in [1.29, 1.82) is 0 Å². The maximum atomic E-state index is 3.21. The molecular weight excluding hydrogens is 288 g/mol. The van der Waals surface area contributed by atoms with Crippen LogP contribution in [0.4, 0.5) is 0 Å². The van der Waals surface area contributed by atoms with Crippen LogP contribution in [0.2, 0.25) is 0 Å². The van der Waals surface area contributed by atoms with Gasteiger partial charge >= 0.3 is 0 Å². The molecule has 0 N–H and O–H groups in total. The molecule has 0 aliphatic heterocycles. The number of allylic oxidation sites excluding steroid dienone is 1. The van der Waals surface area contributed by atoms with Crippen LogP contribution in [-0.4, -0.2) is 0 Å². The average Bonchev–Trinajstić information content (AvgIpc) is 2.67. The molecule has 1 radical (unpaired) electrons. The maximum Gasteiger partial charge on any atom is 0.0456 e. The first-order valence-electron chi connectivity index (χ1n) is 8.10. The quantitative estimate of drug-likeness (QED) is 0.539. The molecule has 3 aromatic rings. The third-order valence-corrected chi connectivity index (χ3v) is 3.73. The van der Waals surface area contributed by atoms with E-state index >= 15 is 0 Å². The van der Waals surface area contributed by atoms with Crippen LogP contribution in [-0.2, 0) is 0 Å². The molecule has 0 amide bonds. The van der Waals surface area contributed by atoms with Crippen LogP contribution in [0.3, 0.4) is 0 Å². The van der Waals surface area contributed by atoms with Crippen LogP contribution in [0, 0.1) is 18.3 Å². The first-order valence-corrected chi connectivity index (χ1v) is 8.10. The van der Waals surface area contributed by atoms with Crippen LogP contribution in [0.25, 0.3) is 6.08 Å². The minimum atomic E-state index is 0.169. The van der Waals surface area contributed by atoms with Gasteiger partial charge in [-0.1, -0.05) is 103 Å². The topological polar surface area (TPSA) is 0 Å². The first kappa shape index (κ1) is 15.8. The highest BCUT2D eigenvalue weighted by molar-refractivity contribution is 5.52. The Bertz CT molecular complexity index is 819. The second kappa shape index (κ2) is 8.56. The van der Waals surface area contributed by atoms with E-state index in [1.165, 1.54) is 11.1 Å². The Morgan fingerprint density at radius 2 is 1.25 bits per heavy atom. The van der Waals surface area contributed by atoms with Gasteiger partial charge in [0.2, 0.25) is 0 Å². The Hall–Kier alpha value is -3.04. The van der Waals surface area contributed by atoms with E-state index in [2.05, 4.69) is 78.9 Å². The molecule has 115 valence electrons. The molecule has 24 heavy (non-hydrogen) atoms. The third kappa shape index (κ3) is 4.73. The van der Waals surface area contributed by atoms with Gasteiger partial charge in [-0.15, -0.1) is 0 Å². The Kier molecular flexibility index (Phi) is 5.65. The van der Waals surface area contributed by atoms with E-state index in [1.54, 1.807) is 0 Å². The molecule has 0 saturated heterocycles. The summed E-state index contributed by atoms with van der Waals surface area (Å²) >= 11 is 0. The highest BCUT2D eigenvalue weighted by Crippen LogP contribution is 2.21. The van der Waals surface area contributed by atoms with Gasteiger partial charge < -0.3 is 0 Å². The Morgan fingerprint density at radius 3 is 1.92 bits per heavy atom. The highest BCUT2D eigenvalue weighted by Gasteiger charge is 2.06. The van der Waals surface area contributed by atoms with E-state index in [0.717, 1.165) is 5.56 Å². The smallest absolute Gasteiger partial charge is 0.0456 e. The lowest BCUT2D eigenvalue weighted by Crippen LogP contribution is -1.94. The normalized spacial score (nSPS) is 11.7. The van der Waals surface area contributed by atoms with E-state index in [0.29, 0.717) is 0 Å². The summed E-state index contributed by atoms with van der Waals surface area (Å²) in [6, 6.07) is 30.9. The monoisotopic (exact) mass is 307 g/mol. The molecule has 0 saturated carbocycles. The highest BCUT2D eigenvalue weighted by atomic mass is 14.1. The molecule has 1 unspecified atom stereocenters. The molecular formula is C24H19. The van der Waals surface area contributed by atoms with E-state index in [1.807, 2.05) is 42.5 Å². The van der Waals surface area contributed by atoms with E-state index in [4.69, 9.17) is 0 Å². The molecule has 3 rings (SSSR count). The second-order valence-corrected chi connectivity index (χ2v) is 5.51. The summed E-state index contributed by atoms with van der Waals surface area (Å²) in [4.78, 5) is 0. The molecule has 0 aliphatic carbocycles. The predicted molar refractivity (Wildman–Crippen MR) is 102 cm³/mol. The fraction of sp³-hybridized carbons (Fsp3) is 0.0417. The zero-order valence-corrected chi connectivity index (χ0v) is 13.5. The van der Waals surface area contributed by atoms with Gasteiger partial charge in [-0.2, -0.15) is 0 Å². The van der Waals surface area contributed by atoms with Gasteiger partial charge in [0.15, 0.2) is 0 Å².